The molecule has 4 nitrogen and oxygen atoms in total. The Kier molecular flexibility index (Phi) is 2.83. The van der Waals surface area contributed by atoms with E-state index in [0.717, 1.165) is 18.5 Å². The van der Waals surface area contributed by atoms with Crippen LogP contribution in [0.2, 0.25) is 0 Å². The van der Waals surface area contributed by atoms with E-state index in [9.17, 15) is 8.42 Å². The molecule has 2 aliphatic rings. The van der Waals surface area contributed by atoms with Gasteiger partial charge in [-0.05, 0) is 48.9 Å². The SMILES string of the molecule is CN(c1ccc2c(c1)CCCC2)S(=O)(=O)N1CC1. The maximum Gasteiger partial charge on any atom is 0.303 e. The van der Waals surface area contributed by atoms with Crippen LogP contribution >= 0.6 is 0 Å². The van der Waals surface area contributed by atoms with E-state index in [0.29, 0.717) is 13.1 Å². The second kappa shape index (κ2) is 4.24. The van der Waals surface area contributed by atoms with Crippen LogP contribution in [-0.2, 0) is 23.1 Å². The summed E-state index contributed by atoms with van der Waals surface area (Å²) in [5.41, 5.74) is 3.47. The van der Waals surface area contributed by atoms with Gasteiger partial charge in [0.2, 0.25) is 0 Å². The van der Waals surface area contributed by atoms with E-state index < -0.39 is 10.2 Å². The van der Waals surface area contributed by atoms with E-state index in [1.165, 1.54) is 32.6 Å². The molecule has 1 saturated heterocycles. The summed E-state index contributed by atoms with van der Waals surface area (Å²) in [7, 11) is -1.64. The standard InChI is InChI=1S/C13H18N2O2S/c1-14(18(16,17)15-8-9-15)13-7-6-11-4-2-3-5-12(11)10-13/h6-7,10H,2-5,8-9H2,1H3. The van der Waals surface area contributed by atoms with Crippen molar-refractivity contribution in [2.45, 2.75) is 25.7 Å². The third-order valence-corrected chi connectivity index (χ3v) is 5.69. The van der Waals surface area contributed by atoms with Gasteiger partial charge in [0.05, 0.1) is 5.69 Å². The van der Waals surface area contributed by atoms with Crippen molar-refractivity contribution in [3.63, 3.8) is 0 Å². The van der Waals surface area contributed by atoms with Gasteiger partial charge in [0.15, 0.2) is 0 Å². The molecule has 0 bridgehead atoms. The first-order chi connectivity index (χ1) is 8.59. The lowest BCUT2D eigenvalue weighted by Gasteiger charge is -2.22. The lowest BCUT2D eigenvalue weighted by atomic mass is 9.91. The van der Waals surface area contributed by atoms with Gasteiger partial charge >= 0.3 is 10.2 Å². The number of anilines is 1. The molecule has 5 heteroatoms. The summed E-state index contributed by atoms with van der Waals surface area (Å²) < 4.78 is 27.1. The summed E-state index contributed by atoms with van der Waals surface area (Å²) in [6, 6.07) is 6.04. The number of nitrogens with zero attached hydrogens (tertiary/aromatic N) is 2. The van der Waals surface area contributed by atoms with Crippen LogP contribution in [0.5, 0.6) is 0 Å². The molecule has 0 atom stereocenters. The number of rotatable bonds is 3. The molecule has 18 heavy (non-hydrogen) atoms. The van der Waals surface area contributed by atoms with Gasteiger partial charge in [-0.15, -0.1) is 0 Å². The second-order valence-electron chi connectivity index (χ2n) is 5.03. The first-order valence-corrected chi connectivity index (χ1v) is 7.84. The Labute approximate surface area is 108 Å². The minimum absolute atomic E-state index is 0.650. The van der Waals surface area contributed by atoms with Gasteiger partial charge in [-0.3, -0.25) is 4.31 Å². The van der Waals surface area contributed by atoms with E-state index in [1.54, 1.807) is 7.05 Å². The number of hydrogen-bond acceptors (Lipinski definition) is 2. The minimum atomic E-state index is -3.28. The molecular formula is C13H18N2O2S. The average molecular weight is 266 g/mol. The van der Waals surface area contributed by atoms with E-state index >= 15 is 0 Å². The topological polar surface area (TPSA) is 40.4 Å². The molecule has 0 aromatic heterocycles. The highest BCUT2D eigenvalue weighted by atomic mass is 32.2. The maximum atomic E-state index is 12.1. The number of fused-ring (bicyclic) bond motifs is 1. The van der Waals surface area contributed by atoms with E-state index in [-0.39, 0.29) is 0 Å². The lowest BCUT2D eigenvalue weighted by Crippen LogP contribution is -2.32. The lowest BCUT2D eigenvalue weighted by molar-refractivity contribution is 0.561. The first kappa shape index (κ1) is 12.0. The molecule has 1 aliphatic heterocycles. The summed E-state index contributed by atoms with van der Waals surface area (Å²) in [5.74, 6) is 0. The van der Waals surface area contributed by atoms with Crippen molar-refractivity contribution in [1.82, 2.24) is 4.31 Å². The van der Waals surface area contributed by atoms with E-state index in [2.05, 4.69) is 6.07 Å². The molecule has 0 N–H and O–H groups in total. The Hall–Kier alpha value is -1.07. The smallest absolute Gasteiger partial charge is 0.261 e. The van der Waals surface area contributed by atoms with Crippen LogP contribution in [0.3, 0.4) is 0 Å². The van der Waals surface area contributed by atoms with Crippen molar-refractivity contribution < 1.29 is 8.42 Å². The van der Waals surface area contributed by atoms with E-state index in [1.807, 2.05) is 12.1 Å². The molecule has 1 aromatic rings. The molecule has 0 amide bonds. The van der Waals surface area contributed by atoms with Gasteiger partial charge in [0.1, 0.15) is 0 Å². The molecule has 3 rings (SSSR count). The number of benzene rings is 1. The normalized spacial score (nSPS) is 19.4. The fourth-order valence-electron chi connectivity index (χ4n) is 2.49. The highest BCUT2D eigenvalue weighted by molar-refractivity contribution is 7.90. The number of hydrogen-bond donors (Lipinski definition) is 0. The van der Waals surface area contributed by atoms with Crippen LogP contribution in [-0.4, -0.2) is 32.9 Å². The molecule has 0 unspecified atom stereocenters. The zero-order valence-corrected chi connectivity index (χ0v) is 11.4. The predicted octanol–water partition coefficient (Wildman–Crippen LogP) is 1.56. The molecule has 0 spiro atoms. The average Bonchev–Trinajstić information content (AvgIpc) is 3.22. The zero-order valence-electron chi connectivity index (χ0n) is 10.6. The summed E-state index contributed by atoms with van der Waals surface area (Å²) in [5, 5.41) is 0. The Bertz CT molecular complexity index is 564. The molecule has 1 fully saturated rings. The van der Waals surface area contributed by atoms with Crippen LogP contribution in [0.1, 0.15) is 24.0 Å². The van der Waals surface area contributed by atoms with Gasteiger partial charge in [0.25, 0.3) is 0 Å². The predicted molar refractivity (Wildman–Crippen MR) is 72.0 cm³/mol. The Balaban J connectivity index is 1.92. The highest BCUT2D eigenvalue weighted by Gasteiger charge is 2.35. The highest BCUT2D eigenvalue weighted by Crippen LogP contribution is 2.28. The maximum absolute atomic E-state index is 12.1. The molecule has 98 valence electrons. The van der Waals surface area contributed by atoms with Crippen LogP contribution in [0, 0.1) is 0 Å². The Morgan fingerprint density at radius 2 is 1.78 bits per heavy atom. The fourth-order valence-corrected chi connectivity index (χ4v) is 3.76. The Morgan fingerprint density at radius 1 is 1.11 bits per heavy atom. The fraction of sp³-hybridized carbons (Fsp3) is 0.538. The number of aryl methyl sites for hydroxylation is 2. The van der Waals surface area contributed by atoms with Crippen molar-refractivity contribution in [3.8, 4) is 0 Å². The van der Waals surface area contributed by atoms with Gasteiger partial charge in [-0.1, -0.05) is 6.07 Å². The largest absolute Gasteiger partial charge is 0.303 e. The quantitative estimate of drug-likeness (QED) is 0.779. The third-order valence-electron chi connectivity index (χ3n) is 3.77. The Morgan fingerprint density at radius 3 is 2.44 bits per heavy atom. The van der Waals surface area contributed by atoms with Crippen molar-refractivity contribution >= 4 is 15.9 Å². The van der Waals surface area contributed by atoms with Crippen LogP contribution < -0.4 is 4.31 Å². The van der Waals surface area contributed by atoms with Gasteiger partial charge in [-0.25, -0.2) is 0 Å². The first-order valence-electron chi connectivity index (χ1n) is 6.45. The molecule has 1 aliphatic carbocycles. The van der Waals surface area contributed by atoms with Gasteiger partial charge in [-0.2, -0.15) is 12.7 Å². The van der Waals surface area contributed by atoms with E-state index in [4.69, 9.17) is 0 Å². The summed E-state index contributed by atoms with van der Waals surface area (Å²) in [6.45, 7) is 1.30. The molecule has 0 saturated carbocycles. The van der Waals surface area contributed by atoms with Crippen LogP contribution in [0.4, 0.5) is 5.69 Å². The summed E-state index contributed by atoms with van der Waals surface area (Å²) in [4.78, 5) is 0. The third kappa shape index (κ3) is 2.01. The molecule has 0 radical (unpaired) electrons. The molecule has 1 heterocycles. The van der Waals surface area contributed by atoms with Gasteiger partial charge in [0, 0.05) is 20.1 Å². The van der Waals surface area contributed by atoms with Crippen LogP contribution in [0.15, 0.2) is 18.2 Å². The van der Waals surface area contributed by atoms with Crippen molar-refractivity contribution in [2.24, 2.45) is 0 Å². The molecular weight excluding hydrogens is 248 g/mol. The zero-order chi connectivity index (χ0) is 12.8. The monoisotopic (exact) mass is 266 g/mol. The molecule has 1 aromatic carbocycles. The van der Waals surface area contributed by atoms with Gasteiger partial charge < -0.3 is 0 Å². The minimum Gasteiger partial charge on any atom is -0.261 e. The second-order valence-corrected chi connectivity index (χ2v) is 6.99. The van der Waals surface area contributed by atoms with Crippen LogP contribution in [0.25, 0.3) is 0 Å². The summed E-state index contributed by atoms with van der Waals surface area (Å²) in [6.07, 6.45) is 4.65. The van der Waals surface area contributed by atoms with Crippen molar-refractivity contribution in [3.05, 3.63) is 29.3 Å². The van der Waals surface area contributed by atoms with Crippen molar-refractivity contribution in [1.29, 1.82) is 0 Å². The van der Waals surface area contributed by atoms with Crippen molar-refractivity contribution in [2.75, 3.05) is 24.4 Å². The summed E-state index contributed by atoms with van der Waals surface area (Å²) >= 11 is 0.